The summed E-state index contributed by atoms with van der Waals surface area (Å²) in [5.41, 5.74) is 4.14. The van der Waals surface area contributed by atoms with Gasteiger partial charge in [0.05, 0.1) is 4.88 Å². The Labute approximate surface area is 153 Å². The molecular weight excluding hydrogens is 412 g/mol. The Bertz CT molecular complexity index is 935. The van der Waals surface area contributed by atoms with Gasteiger partial charge in [-0.3, -0.25) is 4.79 Å². The first-order valence-electron chi connectivity index (χ1n) is 7.37. The van der Waals surface area contributed by atoms with Gasteiger partial charge in [0.1, 0.15) is 4.21 Å². The molecule has 0 bridgehead atoms. The molecule has 0 saturated heterocycles. The molecule has 8 heteroatoms. The smallest absolute Gasteiger partial charge is 0.264 e. The van der Waals surface area contributed by atoms with E-state index in [9.17, 15) is 13.2 Å². The molecule has 2 heterocycles. The molecule has 128 valence electrons. The molecule has 0 radical (unpaired) electrons. The van der Waals surface area contributed by atoms with E-state index in [1.165, 1.54) is 11.6 Å². The number of nitrogens with two attached hydrogens (primary N) is 1. The van der Waals surface area contributed by atoms with Gasteiger partial charge in [0.2, 0.25) is 10.0 Å². The lowest BCUT2D eigenvalue weighted by Crippen LogP contribution is -2.36. The fourth-order valence-electron chi connectivity index (χ4n) is 2.92. The van der Waals surface area contributed by atoms with E-state index < -0.39 is 10.0 Å². The molecule has 1 amide bonds. The molecule has 1 aromatic carbocycles. The van der Waals surface area contributed by atoms with E-state index in [0.717, 1.165) is 33.4 Å². The van der Waals surface area contributed by atoms with Crippen molar-refractivity contribution in [3.63, 3.8) is 0 Å². The number of carbonyl (C=O) groups is 1. The van der Waals surface area contributed by atoms with Gasteiger partial charge in [-0.05, 0) is 54.7 Å². The molecule has 0 aliphatic carbocycles. The van der Waals surface area contributed by atoms with Gasteiger partial charge in [0.15, 0.2) is 0 Å². The average Bonchev–Trinajstić information content (AvgIpc) is 2.87. The van der Waals surface area contributed by atoms with E-state index >= 15 is 0 Å². The number of hydrogen-bond acceptors (Lipinski definition) is 4. The van der Waals surface area contributed by atoms with Gasteiger partial charge in [0, 0.05) is 17.6 Å². The lowest BCUT2D eigenvalue weighted by atomic mass is 9.97. The van der Waals surface area contributed by atoms with Crippen molar-refractivity contribution in [2.75, 3.05) is 6.54 Å². The number of aryl methyl sites for hydroxylation is 2. The molecular formula is C16H17BrN2O3S2. The van der Waals surface area contributed by atoms with Crippen molar-refractivity contribution in [3.8, 4) is 0 Å². The summed E-state index contributed by atoms with van der Waals surface area (Å²) < 4.78 is 24.1. The molecule has 0 spiro atoms. The highest BCUT2D eigenvalue weighted by molar-refractivity contribution is 9.10. The van der Waals surface area contributed by atoms with E-state index in [1.807, 2.05) is 6.92 Å². The average molecular weight is 429 g/mol. The first-order chi connectivity index (χ1) is 11.2. The number of thiophene rings is 1. The maximum Gasteiger partial charge on any atom is 0.264 e. The van der Waals surface area contributed by atoms with Gasteiger partial charge in [0.25, 0.3) is 5.91 Å². The number of nitrogens with zero attached hydrogens (tertiary/aromatic N) is 1. The van der Waals surface area contributed by atoms with Crippen LogP contribution in [0.15, 0.2) is 26.9 Å². The second-order valence-electron chi connectivity index (χ2n) is 5.98. The fraction of sp³-hybridized carbons (Fsp3) is 0.312. The summed E-state index contributed by atoms with van der Waals surface area (Å²) in [5.74, 6) is -0.143. The van der Waals surface area contributed by atoms with Crippen LogP contribution in [0.25, 0.3) is 0 Å². The summed E-state index contributed by atoms with van der Waals surface area (Å²) in [6.45, 7) is 4.89. The van der Waals surface area contributed by atoms with Gasteiger partial charge in [-0.2, -0.15) is 0 Å². The van der Waals surface area contributed by atoms with Crippen molar-refractivity contribution < 1.29 is 13.2 Å². The Morgan fingerprint density at radius 2 is 2.00 bits per heavy atom. The molecule has 0 atom stereocenters. The third-order valence-corrected chi connectivity index (χ3v) is 7.44. The number of rotatable bonds is 2. The molecule has 5 nitrogen and oxygen atoms in total. The number of fused-ring (bicyclic) bond motifs is 1. The summed E-state index contributed by atoms with van der Waals surface area (Å²) in [7, 11) is -3.79. The van der Waals surface area contributed by atoms with Crippen molar-refractivity contribution in [1.29, 1.82) is 0 Å². The summed E-state index contributed by atoms with van der Waals surface area (Å²) >= 11 is 4.53. The van der Waals surface area contributed by atoms with Crippen molar-refractivity contribution >= 4 is 43.2 Å². The lowest BCUT2D eigenvalue weighted by Gasteiger charge is -2.29. The predicted molar refractivity (Wildman–Crippen MR) is 97.8 cm³/mol. The summed E-state index contributed by atoms with van der Waals surface area (Å²) in [4.78, 5) is 15.0. The molecule has 2 N–H and O–H groups in total. The first-order valence-corrected chi connectivity index (χ1v) is 10.5. The third kappa shape index (κ3) is 3.28. The van der Waals surface area contributed by atoms with Crippen LogP contribution in [0.2, 0.25) is 0 Å². The SMILES string of the molecule is Cc1cc(Br)c2c(c1)CN(C(=O)c1sc(S(N)(=O)=O)cc1C)CC2. The molecule has 0 fully saturated rings. The Hall–Kier alpha value is -1.22. The van der Waals surface area contributed by atoms with Crippen LogP contribution in [0.3, 0.4) is 0 Å². The van der Waals surface area contributed by atoms with Crippen molar-refractivity contribution in [1.82, 2.24) is 4.90 Å². The zero-order valence-corrected chi connectivity index (χ0v) is 16.5. The van der Waals surface area contributed by atoms with Crippen LogP contribution in [-0.4, -0.2) is 25.8 Å². The monoisotopic (exact) mass is 428 g/mol. The van der Waals surface area contributed by atoms with Gasteiger partial charge >= 0.3 is 0 Å². The maximum atomic E-state index is 12.8. The number of carbonyl (C=O) groups excluding carboxylic acids is 1. The third-order valence-electron chi connectivity index (χ3n) is 4.08. The van der Waals surface area contributed by atoms with Gasteiger partial charge in [-0.25, -0.2) is 13.6 Å². The molecule has 1 aliphatic heterocycles. The van der Waals surface area contributed by atoms with Crippen LogP contribution < -0.4 is 5.14 Å². The van der Waals surface area contributed by atoms with Crippen LogP contribution in [0.4, 0.5) is 0 Å². The normalized spacial score (nSPS) is 14.6. The highest BCUT2D eigenvalue weighted by atomic mass is 79.9. The molecule has 24 heavy (non-hydrogen) atoms. The minimum Gasteiger partial charge on any atom is -0.333 e. The standard InChI is InChI=1S/C16H17BrN2O3S2/c1-9-5-11-8-19(4-3-12(11)13(17)6-9)16(20)15-10(2)7-14(23-15)24(18,21)22/h5-7H,3-4,8H2,1-2H3,(H2,18,21,22). The van der Waals surface area contributed by atoms with E-state index in [4.69, 9.17) is 5.14 Å². The maximum absolute atomic E-state index is 12.8. The predicted octanol–water partition coefficient (Wildman–Crippen LogP) is 2.97. The van der Waals surface area contributed by atoms with Gasteiger partial charge < -0.3 is 4.90 Å². The van der Waals surface area contributed by atoms with Gasteiger partial charge in [-0.1, -0.05) is 22.0 Å². The summed E-state index contributed by atoms with van der Waals surface area (Å²) in [5, 5.41) is 5.17. The van der Waals surface area contributed by atoms with E-state index in [1.54, 1.807) is 11.8 Å². The highest BCUT2D eigenvalue weighted by Crippen LogP contribution is 2.31. The van der Waals surface area contributed by atoms with Crippen LogP contribution in [0.1, 0.15) is 31.9 Å². The summed E-state index contributed by atoms with van der Waals surface area (Å²) in [6, 6.07) is 5.64. The van der Waals surface area contributed by atoms with Crippen molar-refractivity contribution in [2.24, 2.45) is 5.14 Å². The quantitative estimate of drug-likeness (QED) is 0.797. The largest absolute Gasteiger partial charge is 0.333 e. The Balaban J connectivity index is 1.91. The van der Waals surface area contributed by atoms with Crippen molar-refractivity contribution in [3.05, 3.63) is 49.8 Å². The Kier molecular flexibility index (Phi) is 4.59. The topological polar surface area (TPSA) is 80.5 Å². The number of hydrogen-bond donors (Lipinski definition) is 1. The number of halogens is 1. The Morgan fingerprint density at radius 1 is 1.29 bits per heavy atom. The zero-order valence-electron chi connectivity index (χ0n) is 13.3. The van der Waals surface area contributed by atoms with Gasteiger partial charge in [-0.15, -0.1) is 11.3 Å². The first kappa shape index (κ1) is 17.6. The molecule has 0 saturated carbocycles. The molecule has 0 unspecified atom stereocenters. The van der Waals surface area contributed by atoms with Crippen LogP contribution >= 0.6 is 27.3 Å². The van der Waals surface area contributed by atoms with Crippen LogP contribution in [-0.2, 0) is 23.0 Å². The second-order valence-corrected chi connectivity index (χ2v) is 9.68. The Morgan fingerprint density at radius 3 is 2.62 bits per heavy atom. The van der Waals surface area contributed by atoms with Crippen LogP contribution in [0, 0.1) is 13.8 Å². The number of benzene rings is 1. The second kappa shape index (κ2) is 6.25. The summed E-state index contributed by atoms with van der Waals surface area (Å²) in [6.07, 6.45) is 0.772. The number of amides is 1. The molecule has 1 aliphatic rings. The fourth-order valence-corrected chi connectivity index (χ4v) is 5.66. The number of primary sulfonamides is 1. The van der Waals surface area contributed by atoms with E-state index in [-0.39, 0.29) is 10.1 Å². The molecule has 1 aromatic heterocycles. The molecule has 2 aromatic rings. The van der Waals surface area contributed by atoms with E-state index in [2.05, 4.69) is 28.1 Å². The highest BCUT2D eigenvalue weighted by Gasteiger charge is 2.27. The minimum atomic E-state index is -3.79. The lowest BCUT2D eigenvalue weighted by molar-refractivity contribution is 0.0738. The zero-order chi connectivity index (χ0) is 17.6. The number of sulfonamides is 1. The van der Waals surface area contributed by atoms with Crippen LogP contribution in [0.5, 0.6) is 0 Å². The van der Waals surface area contributed by atoms with Crippen molar-refractivity contribution in [2.45, 2.75) is 31.0 Å². The van der Waals surface area contributed by atoms with E-state index in [0.29, 0.717) is 23.5 Å². The molecule has 3 rings (SSSR count). The minimum absolute atomic E-state index is 0.0272.